The normalized spacial score (nSPS) is 15.4. The molecule has 0 radical (unpaired) electrons. The van der Waals surface area contributed by atoms with E-state index in [9.17, 15) is 14.9 Å². The van der Waals surface area contributed by atoms with Gasteiger partial charge >= 0.3 is 5.97 Å². The second kappa shape index (κ2) is 9.91. The van der Waals surface area contributed by atoms with Gasteiger partial charge in [-0.1, -0.05) is 24.3 Å². The number of esters is 1. The maximum atomic E-state index is 13.4. The SMILES string of the molecule is CCOC(=O)C1=C(N)n2c(s/c(=C\c3ccc(OC)cc3)c2=O)=C(C#N)C1c1ccc(OC)cc1. The maximum Gasteiger partial charge on any atom is 0.338 e. The van der Waals surface area contributed by atoms with E-state index in [0.717, 1.165) is 16.9 Å². The van der Waals surface area contributed by atoms with Crippen LogP contribution in [-0.4, -0.2) is 31.4 Å². The Hall–Kier alpha value is -4.29. The Balaban J connectivity index is 2.00. The standard InChI is InChI=1S/C26H23N3O5S/c1-4-34-26(31)22-21(16-7-11-18(33-3)12-8-16)19(14-27)25-29(23(22)28)24(30)20(35-25)13-15-5-9-17(32-2)10-6-15/h5-13,21H,4,28H2,1-3H3/b20-13-. The summed E-state index contributed by atoms with van der Waals surface area (Å²) >= 11 is 1.15. The first-order valence-corrected chi connectivity index (χ1v) is 11.6. The second-order valence-electron chi connectivity index (χ2n) is 7.58. The molecule has 0 saturated carbocycles. The molecule has 8 nitrogen and oxygen atoms in total. The number of ether oxygens (including phenoxy) is 3. The van der Waals surface area contributed by atoms with Gasteiger partial charge in [0.25, 0.3) is 5.56 Å². The lowest BCUT2D eigenvalue weighted by atomic mass is 9.84. The molecule has 9 heteroatoms. The first-order valence-electron chi connectivity index (χ1n) is 10.8. The number of nitrogens with zero attached hydrogens (tertiary/aromatic N) is 2. The number of nitrogens with two attached hydrogens (primary N) is 1. The molecule has 0 aliphatic carbocycles. The Morgan fingerprint density at radius 3 is 2.26 bits per heavy atom. The van der Waals surface area contributed by atoms with Gasteiger partial charge in [-0.05, 0) is 48.4 Å². The van der Waals surface area contributed by atoms with Crippen molar-refractivity contribution in [1.82, 2.24) is 4.57 Å². The van der Waals surface area contributed by atoms with Crippen molar-refractivity contribution in [3.63, 3.8) is 0 Å². The summed E-state index contributed by atoms with van der Waals surface area (Å²) in [6.07, 6.45) is 1.71. The third kappa shape index (κ3) is 4.32. The average molecular weight is 490 g/mol. The van der Waals surface area contributed by atoms with Gasteiger partial charge in [-0.3, -0.25) is 9.36 Å². The van der Waals surface area contributed by atoms with Crippen molar-refractivity contribution in [3.8, 4) is 17.6 Å². The van der Waals surface area contributed by atoms with Crippen LogP contribution in [0.15, 0.2) is 58.9 Å². The minimum Gasteiger partial charge on any atom is -0.497 e. The summed E-state index contributed by atoms with van der Waals surface area (Å²) in [5, 5.41) is 10.2. The van der Waals surface area contributed by atoms with E-state index < -0.39 is 17.4 Å². The van der Waals surface area contributed by atoms with Crippen LogP contribution in [0.25, 0.3) is 17.5 Å². The summed E-state index contributed by atoms with van der Waals surface area (Å²) in [6, 6.07) is 16.4. The molecule has 2 aromatic carbocycles. The van der Waals surface area contributed by atoms with Gasteiger partial charge in [0.2, 0.25) is 0 Å². The summed E-state index contributed by atoms with van der Waals surface area (Å²) in [5.41, 5.74) is 7.75. The van der Waals surface area contributed by atoms with Crippen LogP contribution in [0.4, 0.5) is 0 Å². The van der Waals surface area contributed by atoms with Crippen molar-refractivity contribution in [2.75, 3.05) is 20.8 Å². The molecule has 1 aliphatic rings. The minimum absolute atomic E-state index is 0.0473. The van der Waals surface area contributed by atoms with Gasteiger partial charge in [-0.2, -0.15) is 5.26 Å². The molecule has 1 unspecified atom stereocenters. The van der Waals surface area contributed by atoms with Gasteiger partial charge in [0, 0.05) is 0 Å². The zero-order valence-corrected chi connectivity index (χ0v) is 20.2. The van der Waals surface area contributed by atoms with E-state index in [4.69, 9.17) is 19.9 Å². The van der Waals surface area contributed by atoms with E-state index in [1.807, 2.05) is 12.1 Å². The van der Waals surface area contributed by atoms with E-state index >= 15 is 0 Å². The van der Waals surface area contributed by atoms with Crippen LogP contribution < -0.4 is 30.0 Å². The van der Waals surface area contributed by atoms with Crippen molar-refractivity contribution in [1.29, 1.82) is 5.26 Å². The number of aromatic nitrogens is 1. The average Bonchev–Trinajstić information content (AvgIpc) is 3.20. The number of carbonyl (C=O) groups excluding carboxylic acids is 1. The van der Waals surface area contributed by atoms with Gasteiger partial charge in [-0.15, -0.1) is 11.3 Å². The molecule has 0 amide bonds. The van der Waals surface area contributed by atoms with Gasteiger partial charge in [0.15, 0.2) is 0 Å². The zero-order valence-electron chi connectivity index (χ0n) is 19.4. The number of carbonyl (C=O) groups is 1. The lowest BCUT2D eigenvalue weighted by Gasteiger charge is -2.25. The molecule has 2 heterocycles. The number of thiazole rings is 1. The first kappa shape index (κ1) is 23.9. The predicted octanol–water partition coefficient (Wildman–Crippen LogP) is 1.92. The molecule has 3 aromatic rings. The third-order valence-electron chi connectivity index (χ3n) is 5.63. The molecule has 35 heavy (non-hydrogen) atoms. The summed E-state index contributed by atoms with van der Waals surface area (Å²) < 4.78 is 17.7. The largest absolute Gasteiger partial charge is 0.497 e. The van der Waals surface area contributed by atoms with Crippen LogP contribution >= 0.6 is 11.3 Å². The lowest BCUT2D eigenvalue weighted by molar-refractivity contribution is -0.138. The van der Waals surface area contributed by atoms with Crippen molar-refractivity contribution in [2.24, 2.45) is 5.73 Å². The van der Waals surface area contributed by atoms with Crippen molar-refractivity contribution < 1.29 is 19.0 Å². The molecule has 0 saturated heterocycles. The highest BCUT2D eigenvalue weighted by Crippen LogP contribution is 2.37. The zero-order chi connectivity index (χ0) is 25.1. The Morgan fingerprint density at radius 2 is 1.71 bits per heavy atom. The molecule has 0 bridgehead atoms. The summed E-state index contributed by atoms with van der Waals surface area (Å²) in [7, 11) is 3.13. The van der Waals surface area contributed by atoms with E-state index in [1.54, 1.807) is 63.6 Å². The summed E-state index contributed by atoms with van der Waals surface area (Å²) in [4.78, 5) is 26.4. The van der Waals surface area contributed by atoms with Gasteiger partial charge in [-0.25, -0.2) is 4.79 Å². The molecular weight excluding hydrogens is 466 g/mol. The van der Waals surface area contributed by atoms with Gasteiger partial charge in [0.05, 0.1) is 48.5 Å². The fraction of sp³-hybridized carbons (Fsp3) is 0.192. The fourth-order valence-corrected chi connectivity index (χ4v) is 5.07. The molecule has 1 aromatic heterocycles. The number of fused-ring (bicyclic) bond motifs is 1. The Labute approximate surface area is 205 Å². The number of hydrogen-bond donors (Lipinski definition) is 1. The second-order valence-corrected chi connectivity index (χ2v) is 8.61. The third-order valence-corrected chi connectivity index (χ3v) is 6.73. The van der Waals surface area contributed by atoms with Gasteiger partial charge in [0.1, 0.15) is 22.0 Å². The number of methoxy groups -OCH3 is 2. The van der Waals surface area contributed by atoms with Crippen LogP contribution in [0.5, 0.6) is 11.5 Å². The van der Waals surface area contributed by atoms with Crippen molar-refractivity contribution >= 4 is 34.8 Å². The number of hydrogen-bond acceptors (Lipinski definition) is 8. The van der Waals surface area contributed by atoms with Crippen LogP contribution in [0.2, 0.25) is 0 Å². The minimum atomic E-state index is -0.795. The highest BCUT2D eigenvalue weighted by atomic mass is 32.1. The van der Waals surface area contributed by atoms with Crippen LogP contribution in [0.3, 0.4) is 0 Å². The topological polar surface area (TPSA) is 117 Å². The van der Waals surface area contributed by atoms with Gasteiger partial charge < -0.3 is 19.9 Å². The quantitative estimate of drug-likeness (QED) is 0.526. The number of rotatable bonds is 6. The highest BCUT2D eigenvalue weighted by Gasteiger charge is 2.36. The first-order chi connectivity index (χ1) is 16.9. The monoisotopic (exact) mass is 489 g/mol. The van der Waals surface area contributed by atoms with E-state index in [-0.39, 0.29) is 23.6 Å². The predicted molar refractivity (Wildman–Crippen MR) is 133 cm³/mol. The molecule has 4 rings (SSSR count). The smallest absolute Gasteiger partial charge is 0.338 e. The van der Waals surface area contributed by atoms with Crippen molar-refractivity contribution in [2.45, 2.75) is 12.8 Å². The van der Waals surface area contributed by atoms with E-state index in [2.05, 4.69) is 6.07 Å². The summed E-state index contributed by atoms with van der Waals surface area (Å²) in [5.74, 6) is -0.200. The molecular formula is C26H23N3O5S. The van der Waals surface area contributed by atoms with Crippen LogP contribution in [0, 0.1) is 11.3 Å². The van der Waals surface area contributed by atoms with Crippen molar-refractivity contribution in [3.05, 3.63) is 84.8 Å². The molecule has 178 valence electrons. The number of nitriles is 1. The van der Waals surface area contributed by atoms with E-state index in [0.29, 0.717) is 26.3 Å². The Bertz CT molecular complexity index is 1520. The Kier molecular flexibility index (Phi) is 6.75. The van der Waals surface area contributed by atoms with E-state index in [1.165, 1.54) is 4.57 Å². The number of benzene rings is 2. The fourth-order valence-electron chi connectivity index (χ4n) is 3.94. The highest BCUT2D eigenvalue weighted by molar-refractivity contribution is 7.07. The summed E-state index contributed by atoms with van der Waals surface area (Å²) in [6.45, 7) is 1.80. The molecule has 1 atom stereocenters. The van der Waals surface area contributed by atoms with Crippen LogP contribution in [-0.2, 0) is 9.53 Å². The molecule has 0 spiro atoms. The lowest BCUT2D eigenvalue weighted by Crippen LogP contribution is -2.40. The molecule has 2 N–H and O–H groups in total. The molecule has 0 fully saturated rings. The maximum absolute atomic E-state index is 13.4. The Morgan fingerprint density at radius 1 is 1.11 bits per heavy atom. The van der Waals surface area contributed by atoms with Crippen LogP contribution in [0.1, 0.15) is 24.0 Å². The molecule has 1 aliphatic heterocycles.